The van der Waals surface area contributed by atoms with E-state index < -0.39 is 12.3 Å². The second-order valence-corrected chi connectivity index (χ2v) is 9.94. The fourth-order valence-electron chi connectivity index (χ4n) is 4.26. The van der Waals surface area contributed by atoms with Crippen LogP contribution in [0.4, 0.5) is 14.5 Å². The number of ether oxygens (including phenoxy) is 1. The number of halogens is 2. The largest absolute Gasteiger partial charge is 0.497 e. The van der Waals surface area contributed by atoms with Crippen molar-refractivity contribution in [3.8, 4) is 27.6 Å². The van der Waals surface area contributed by atoms with Gasteiger partial charge < -0.3 is 10.1 Å². The highest BCUT2D eigenvalue weighted by molar-refractivity contribution is 7.21. The number of methoxy groups -OCH3 is 1. The van der Waals surface area contributed by atoms with Gasteiger partial charge in [-0.25, -0.2) is 23.3 Å². The molecule has 7 nitrogen and oxygen atoms in total. The van der Waals surface area contributed by atoms with Gasteiger partial charge in [0.1, 0.15) is 22.0 Å². The quantitative estimate of drug-likeness (QED) is 0.242. The molecule has 3 aromatic heterocycles. The first kappa shape index (κ1) is 24.6. The third-order valence-corrected chi connectivity index (χ3v) is 7.35. The number of anilines is 1. The number of fused-ring (bicyclic) bond motifs is 2. The number of alkyl halides is 2. The Balaban J connectivity index is 1.29. The molecule has 0 atom stereocenters. The highest BCUT2D eigenvalue weighted by Crippen LogP contribution is 2.32. The van der Waals surface area contributed by atoms with E-state index in [1.54, 1.807) is 54.8 Å². The summed E-state index contributed by atoms with van der Waals surface area (Å²) in [4.78, 5) is 22.4. The lowest BCUT2D eigenvalue weighted by atomic mass is 10.1. The van der Waals surface area contributed by atoms with Gasteiger partial charge in [0.2, 0.25) is 0 Å². The molecule has 1 N–H and O–H groups in total. The zero-order valence-electron chi connectivity index (χ0n) is 20.9. The monoisotopic (exact) mass is 541 g/mol. The van der Waals surface area contributed by atoms with Crippen molar-refractivity contribution in [3.63, 3.8) is 0 Å². The van der Waals surface area contributed by atoms with E-state index in [0.29, 0.717) is 22.7 Å². The van der Waals surface area contributed by atoms with E-state index in [4.69, 9.17) is 9.72 Å². The molecule has 6 rings (SSSR count). The molecule has 1 amide bonds. The second kappa shape index (κ2) is 9.88. The van der Waals surface area contributed by atoms with Crippen LogP contribution in [0.2, 0.25) is 0 Å². The zero-order valence-corrected chi connectivity index (χ0v) is 21.7. The topological polar surface area (TPSA) is 81.4 Å². The molecule has 0 unspecified atom stereocenters. The summed E-state index contributed by atoms with van der Waals surface area (Å²) < 4.78 is 35.1. The Bertz CT molecular complexity index is 1830. The normalized spacial score (nSPS) is 11.4. The number of thiazole rings is 1. The van der Waals surface area contributed by atoms with E-state index in [9.17, 15) is 13.6 Å². The van der Waals surface area contributed by atoms with Crippen LogP contribution in [-0.4, -0.2) is 32.6 Å². The van der Waals surface area contributed by atoms with Crippen LogP contribution >= 0.6 is 11.3 Å². The van der Waals surface area contributed by atoms with Gasteiger partial charge in [-0.15, -0.1) is 11.3 Å². The van der Waals surface area contributed by atoms with Crippen LogP contribution in [0.5, 0.6) is 5.75 Å². The van der Waals surface area contributed by atoms with Crippen molar-refractivity contribution >= 4 is 38.8 Å². The Morgan fingerprint density at radius 3 is 2.44 bits per heavy atom. The second-order valence-electron chi connectivity index (χ2n) is 8.91. The van der Waals surface area contributed by atoms with Gasteiger partial charge in [0.25, 0.3) is 12.3 Å². The predicted molar refractivity (Wildman–Crippen MR) is 148 cm³/mol. The third-order valence-electron chi connectivity index (χ3n) is 6.29. The molecule has 0 aliphatic carbocycles. The molecular weight excluding hydrogens is 520 g/mol. The molecule has 0 saturated carbocycles. The lowest BCUT2D eigenvalue weighted by molar-refractivity contribution is 0.102. The van der Waals surface area contributed by atoms with Crippen molar-refractivity contribution in [2.45, 2.75) is 13.3 Å². The smallest absolute Gasteiger partial charge is 0.280 e. The van der Waals surface area contributed by atoms with Crippen molar-refractivity contribution < 1.29 is 18.3 Å². The van der Waals surface area contributed by atoms with Gasteiger partial charge >= 0.3 is 0 Å². The van der Waals surface area contributed by atoms with Crippen molar-refractivity contribution in [2.24, 2.45) is 0 Å². The van der Waals surface area contributed by atoms with Crippen molar-refractivity contribution in [3.05, 3.63) is 95.8 Å². The summed E-state index contributed by atoms with van der Waals surface area (Å²) >= 11 is 1.60. The Morgan fingerprint density at radius 1 is 0.974 bits per heavy atom. The predicted octanol–water partition coefficient (Wildman–Crippen LogP) is 7.18. The SMILES string of the molecule is COc1ccc(-c2cc(C(F)F)n3ncc(C(=O)Nc4ccc(-c5nc6ccc(C)cc6s5)cc4)c3n2)cc1. The number of nitrogens with zero attached hydrogens (tertiary/aromatic N) is 4. The highest BCUT2D eigenvalue weighted by atomic mass is 32.1. The van der Waals surface area contributed by atoms with Crippen LogP contribution in [0.25, 0.3) is 37.7 Å². The van der Waals surface area contributed by atoms with Gasteiger partial charge in [0.15, 0.2) is 5.65 Å². The summed E-state index contributed by atoms with van der Waals surface area (Å²) in [5.74, 6) is 0.121. The van der Waals surface area contributed by atoms with Gasteiger partial charge in [0, 0.05) is 16.8 Å². The Morgan fingerprint density at radius 2 is 1.72 bits per heavy atom. The van der Waals surface area contributed by atoms with Crippen LogP contribution in [0.3, 0.4) is 0 Å². The lowest BCUT2D eigenvalue weighted by Crippen LogP contribution is -2.12. The summed E-state index contributed by atoms with van der Waals surface area (Å²) in [5, 5.41) is 7.73. The first-order chi connectivity index (χ1) is 18.9. The molecule has 0 radical (unpaired) electrons. The number of hydrogen-bond acceptors (Lipinski definition) is 6. The number of rotatable bonds is 6. The summed E-state index contributed by atoms with van der Waals surface area (Å²) in [6.07, 6.45) is -1.57. The van der Waals surface area contributed by atoms with Crippen LogP contribution in [0.15, 0.2) is 79.0 Å². The Labute approximate surface area is 225 Å². The number of benzene rings is 3. The summed E-state index contributed by atoms with van der Waals surface area (Å²) in [6.45, 7) is 2.05. The van der Waals surface area contributed by atoms with Gasteiger partial charge in [0.05, 0.1) is 29.2 Å². The maximum Gasteiger partial charge on any atom is 0.280 e. The molecule has 0 bridgehead atoms. The first-order valence-corrected chi connectivity index (χ1v) is 12.8. The van der Waals surface area contributed by atoms with E-state index in [1.807, 2.05) is 31.2 Å². The molecule has 0 saturated heterocycles. The average molecular weight is 542 g/mol. The van der Waals surface area contributed by atoms with E-state index in [-0.39, 0.29) is 16.9 Å². The number of aromatic nitrogens is 4. The number of amides is 1. The van der Waals surface area contributed by atoms with E-state index in [1.165, 1.54) is 17.8 Å². The maximum absolute atomic E-state index is 13.9. The number of nitrogens with one attached hydrogen (secondary N) is 1. The van der Waals surface area contributed by atoms with Gasteiger partial charge in [-0.05, 0) is 79.2 Å². The molecule has 39 heavy (non-hydrogen) atoms. The lowest BCUT2D eigenvalue weighted by Gasteiger charge is -2.09. The molecule has 6 aromatic rings. The van der Waals surface area contributed by atoms with Gasteiger partial charge in [-0.3, -0.25) is 4.79 Å². The summed E-state index contributed by atoms with van der Waals surface area (Å²) in [7, 11) is 1.54. The Hall–Kier alpha value is -4.70. The van der Waals surface area contributed by atoms with Crippen LogP contribution in [0.1, 0.15) is 28.0 Å². The zero-order chi connectivity index (χ0) is 27.1. The third kappa shape index (κ3) is 4.70. The van der Waals surface area contributed by atoms with Crippen LogP contribution in [-0.2, 0) is 0 Å². The molecule has 0 spiro atoms. The van der Waals surface area contributed by atoms with E-state index >= 15 is 0 Å². The molecule has 0 fully saturated rings. The number of aryl methyl sites for hydroxylation is 1. The minimum atomic E-state index is -2.82. The van der Waals surface area contributed by atoms with E-state index in [0.717, 1.165) is 25.3 Å². The fraction of sp³-hybridized carbons (Fsp3) is 0.103. The average Bonchev–Trinajstić information content (AvgIpc) is 3.57. The van der Waals surface area contributed by atoms with Crippen molar-refractivity contribution in [1.29, 1.82) is 0 Å². The Kier molecular flexibility index (Phi) is 6.24. The molecule has 10 heteroatoms. The number of hydrogen-bond donors (Lipinski definition) is 1. The van der Waals surface area contributed by atoms with E-state index in [2.05, 4.69) is 21.5 Å². The molecule has 194 valence electrons. The van der Waals surface area contributed by atoms with Crippen molar-refractivity contribution in [1.82, 2.24) is 19.6 Å². The molecule has 0 aliphatic rings. The summed E-state index contributed by atoms with van der Waals surface area (Å²) in [5.41, 5.74) is 4.25. The standard InChI is InChI=1S/C29H21F2N5O2S/c1-16-3-12-22-25(13-16)39-29(35-22)18-4-8-19(9-5-18)33-28(37)21-15-32-36-24(26(30)31)14-23(34-27(21)36)17-6-10-20(38-2)11-7-17/h3-15,26H,1-2H3,(H,33,37). The molecule has 3 heterocycles. The van der Waals surface area contributed by atoms with Crippen LogP contribution in [0, 0.1) is 6.92 Å². The minimum absolute atomic E-state index is 0.0394. The van der Waals surface area contributed by atoms with Crippen LogP contribution < -0.4 is 10.1 Å². The number of carbonyl (C=O) groups is 1. The molecular formula is C29H21F2N5O2S. The minimum Gasteiger partial charge on any atom is -0.497 e. The summed E-state index contributed by atoms with van der Waals surface area (Å²) in [6, 6.07) is 21.6. The molecule has 3 aromatic carbocycles. The van der Waals surface area contributed by atoms with Crippen molar-refractivity contribution in [2.75, 3.05) is 12.4 Å². The number of carbonyl (C=O) groups excluding carboxylic acids is 1. The van der Waals surface area contributed by atoms with Gasteiger partial charge in [-0.1, -0.05) is 6.07 Å². The highest BCUT2D eigenvalue weighted by Gasteiger charge is 2.22. The van der Waals surface area contributed by atoms with Gasteiger partial charge in [-0.2, -0.15) is 5.10 Å². The molecule has 0 aliphatic heterocycles. The fourth-order valence-corrected chi connectivity index (χ4v) is 5.33. The first-order valence-electron chi connectivity index (χ1n) is 12.0. The maximum atomic E-state index is 13.9.